The van der Waals surface area contributed by atoms with Gasteiger partial charge in [-0.2, -0.15) is 0 Å². The molecule has 0 aromatic rings. The average Bonchev–Trinajstić information content (AvgIpc) is 3.65. The molecule has 4 saturated heterocycles. The lowest BCUT2D eigenvalue weighted by atomic mass is 9.96. The van der Waals surface area contributed by atoms with Crippen molar-refractivity contribution in [2.45, 2.75) is 198 Å². The molecule has 0 aromatic carbocycles. The monoisotopic (exact) mass is 639 g/mol. The zero-order chi connectivity index (χ0) is 32.0. The van der Waals surface area contributed by atoms with E-state index < -0.39 is 0 Å². The molecule has 0 radical (unpaired) electrons. The van der Waals surface area contributed by atoms with Crippen LogP contribution in [0.4, 0.5) is 0 Å². The largest absolute Gasteiger partial charge is 0.462 e. The number of ether oxygens (including phenoxy) is 1. The Hall–Kier alpha value is -1.97. The number of esters is 1. The maximum atomic E-state index is 13.3. The zero-order valence-electron chi connectivity index (χ0n) is 29.2. The fourth-order valence-corrected chi connectivity index (χ4v) is 9.60. The van der Waals surface area contributed by atoms with E-state index in [1.165, 1.54) is 86.3 Å². The van der Waals surface area contributed by atoms with Crippen molar-refractivity contribution in [1.82, 2.24) is 15.3 Å². The maximum absolute atomic E-state index is 13.3. The summed E-state index contributed by atoms with van der Waals surface area (Å²) in [5, 5.41) is 16.3. The van der Waals surface area contributed by atoms with E-state index in [1.807, 2.05) is 6.92 Å². The van der Waals surface area contributed by atoms with Crippen LogP contribution in [-0.2, 0) is 9.53 Å². The van der Waals surface area contributed by atoms with Gasteiger partial charge in [-0.25, -0.2) is 25.2 Å². The second-order valence-corrected chi connectivity index (χ2v) is 15.4. The number of nitrogens with zero attached hydrogens (tertiary/aromatic N) is 4. The van der Waals surface area contributed by atoms with Crippen LogP contribution in [0.1, 0.15) is 156 Å². The van der Waals surface area contributed by atoms with Crippen molar-refractivity contribution >= 4 is 17.6 Å². The van der Waals surface area contributed by atoms with Crippen LogP contribution in [0.5, 0.6) is 0 Å². The molecule has 0 spiro atoms. The molecule has 6 heterocycles. The summed E-state index contributed by atoms with van der Waals surface area (Å²) in [6.45, 7) is 6.93. The number of rotatable bonds is 17. The molecule has 4 fully saturated rings. The lowest BCUT2D eigenvalue weighted by Gasteiger charge is -2.47. The van der Waals surface area contributed by atoms with E-state index in [9.17, 15) is 10.0 Å². The van der Waals surface area contributed by atoms with Gasteiger partial charge in [-0.15, -0.1) is 0 Å². The lowest BCUT2D eigenvalue weighted by Crippen LogP contribution is -3.19. The molecule has 0 amide bonds. The van der Waals surface area contributed by atoms with Crippen molar-refractivity contribution in [3.8, 4) is 0 Å². The average molecular weight is 640 g/mol. The molecule has 0 bridgehead atoms. The van der Waals surface area contributed by atoms with Crippen LogP contribution in [0.15, 0.2) is 21.3 Å². The van der Waals surface area contributed by atoms with Crippen LogP contribution in [0.25, 0.3) is 0 Å². The Labute approximate surface area is 278 Å². The van der Waals surface area contributed by atoms with E-state index in [1.54, 1.807) is 0 Å². The number of carbonyl (C=O) groups is 1. The van der Waals surface area contributed by atoms with Crippen molar-refractivity contribution in [2.24, 2.45) is 9.98 Å². The number of carbonyl (C=O) groups excluding carboxylic acids is 1. The maximum Gasteiger partial charge on any atom is 0.345 e. The topological polar surface area (TPSA) is 94.2 Å². The molecule has 6 aliphatic rings. The fraction of sp³-hybridized carbons (Fsp3) is 0.865. The molecule has 0 aromatic heterocycles. The highest BCUT2D eigenvalue weighted by Crippen LogP contribution is 2.39. The summed E-state index contributed by atoms with van der Waals surface area (Å²) >= 11 is 0. The Morgan fingerprint density at radius 2 is 1.61 bits per heavy atom. The lowest BCUT2D eigenvalue weighted by molar-refractivity contribution is -0.913. The highest BCUT2D eigenvalue weighted by atomic mass is 16.5. The summed E-state index contributed by atoms with van der Waals surface area (Å²) < 4.78 is 5.84. The Morgan fingerprint density at radius 3 is 2.39 bits per heavy atom. The van der Waals surface area contributed by atoms with E-state index in [-0.39, 0.29) is 18.3 Å². The van der Waals surface area contributed by atoms with Gasteiger partial charge in [0, 0.05) is 37.4 Å². The molecule has 9 heteroatoms. The second-order valence-electron chi connectivity index (χ2n) is 15.4. The Morgan fingerprint density at radius 1 is 0.913 bits per heavy atom. The van der Waals surface area contributed by atoms with Crippen LogP contribution in [0.2, 0.25) is 0 Å². The molecular weight excluding hydrogens is 576 g/mol. The number of allylic oxidation sites excluding steroid dienone is 1. The smallest absolute Gasteiger partial charge is 0.345 e. The van der Waals surface area contributed by atoms with Crippen LogP contribution >= 0.6 is 0 Å². The number of nitrogens with one attached hydrogen (secondary N) is 2. The minimum atomic E-state index is -0.170. The third-order valence-electron chi connectivity index (χ3n) is 11.9. The first-order chi connectivity index (χ1) is 22.4. The number of hydrogen-bond acceptors (Lipinski definition) is 8. The second kappa shape index (κ2) is 16.0. The normalized spacial score (nSPS) is 33.1. The molecule has 6 rings (SSSR count). The number of hydrogen-bond donors (Lipinski definition) is 3. The first kappa shape index (κ1) is 33.9. The molecule has 8 atom stereocenters. The first-order valence-electron chi connectivity index (χ1n) is 19.4. The predicted octanol–water partition coefficient (Wildman–Crippen LogP) is 5.88. The van der Waals surface area contributed by atoms with Gasteiger partial charge in [-0.05, 0) is 58.8 Å². The van der Waals surface area contributed by atoms with Gasteiger partial charge in [0.2, 0.25) is 12.2 Å². The Balaban J connectivity index is 0.873. The third kappa shape index (κ3) is 7.67. The zero-order valence-corrected chi connectivity index (χ0v) is 29.2. The summed E-state index contributed by atoms with van der Waals surface area (Å²) in [7, 11) is 0. The van der Waals surface area contributed by atoms with Crippen molar-refractivity contribution < 1.29 is 19.6 Å². The number of unbranched alkanes of at least 4 members (excludes halogenated alkanes) is 10. The van der Waals surface area contributed by atoms with Gasteiger partial charge >= 0.3 is 5.97 Å². The Kier molecular flexibility index (Phi) is 11.8. The van der Waals surface area contributed by atoms with Gasteiger partial charge in [-0.1, -0.05) is 77.6 Å². The minimum Gasteiger partial charge on any atom is -0.462 e. The molecule has 0 saturated carbocycles. The first-order valence-corrected chi connectivity index (χ1v) is 19.4. The van der Waals surface area contributed by atoms with Gasteiger partial charge in [0.15, 0.2) is 0 Å². The summed E-state index contributed by atoms with van der Waals surface area (Å²) in [5.74, 6) is 0.667. The SMILES string of the molecule is CCCCCCCCCC1CC2CCC3=C(C(=O)OCCCCCCCC4CC5CCC6CC(C)N=C(N4O)N65)C(C)=NC(N1)[NH+]32. The molecule has 6 aliphatic heterocycles. The molecule has 8 unspecified atom stereocenters. The molecule has 46 heavy (non-hydrogen) atoms. The summed E-state index contributed by atoms with van der Waals surface area (Å²) in [4.78, 5) is 26.9. The molecule has 9 nitrogen and oxygen atoms in total. The number of guanidine groups is 1. The van der Waals surface area contributed by atoms with E-state index in [0.29, 0.717) is 36.8 Å². The van der Waals surface area contributed by atoms with E-state index >= 15 is 0 Å². The number of aliphatic imine (C=N–C) groups is 2. The fourth-order valence-electron chi connectivity index (χ4n) is 9.60. The number of quaternary nitrogens is 1. The molecular formula is C37H63N6O3+. The minimum absolute atomic E-state index is 0.0575. The summed E-state index contributed by atoms with van der Waals surface area (Å²) in [6.07, 6.45) is 25.1. The Bertz CT molecular complexity index is 1140. The van der Waals surface area contributed by atoms with Crippen molar-refractivity contribution in [2.75, 3.05) is 6.61 Å². The third-order valence-corrected chi connectivity index (χ3v) is 11.9. The standard InChI is InChI=1S/C37H62N6O3/c1-4-5-6-7-8-10-13-16-28-24-30-20-21-33-34(27(3)39-36(40-28)42(30)33)35(44)46-22-15-12-9-11-14-17-32-25-31-19-18-29-23-26(2)38-37(41(29)31)43(32)45/h26,28-32,36,40,45H,4-25H2,1-3H3/p+1. The summed E-state index contributed by atoms with van der Waals surface area (Å²) in [6, 6.07) is 2.71. The molecule has 258 valence electrons. The highest BCUT2D eigenvalue weighted by Gasteiger charge is 2.50. The predicted molar refractivity (Wildman–Crippen MR) is 183 cm³/mol. The van der Waals surface area contributed by atoms with E-state index in [0.717, 1.165) is 81.5 Å². The van der Waals surface area contributed by atoms with Gasteiger partial charge in [0.05, 0.1) is 30.4 Å². The van der Waals surface area contributed by atoms with Crippen molar-refractivity contribution in [3.05, 3.63) is 11.3 Å². The molecule has 3 N–H and O–H groups in total. The van der Waals surface area contributed by atoms with Crippen LogP contribution < -0.4 is 10.2 Å². The van der Waals surface area contributed by atoms with Crippen LogP contribution in [0, 0.1) is 0 Å². The van der Waals surface area contributed by atoms with E-state index in [2.05, 4.69) is 24.1 Å². The van der Waals surface area contributed by atoms with Crippen molar-refractivity contribution in [1.29, 1.82) is 0 Å². The number of hydroxylamine groups is 2. The quantitative estimate of drug-likeness (QED) is 0.136. The van der Waals surface area contributed by atoms with Crippen LogP contribution in [-0.4, -0.2) is 82.0 Å². The van der Waals surface area contributed by atoms with Crippen LogP contribution in [0.3, 0.4) is 0 Å². The molecule has 0 aliphatic carbocycles. The van der Waals surface area contributed by atoms with Gasteiger partial charge in [0.1, 0.15) is 11.3 Å². The highest BCUT2D eigenvalue weighted by molar-refractivity contribution is 6.19. The van der Waals surface area contributed by atoms with Gasteiger partial charge in [0.25, 0.3) is 0 Å². The van der Waals surface area contributed by atoms with Gasteiger partial charge in [-0.3, -0.25) is 10.1 Å². The van der Waals surface area contributed by atoms with E-state index in [4.69, 9.17) is 14.7 Å². The van der Waals surface area contributed by atoms with Gasteiger partial charge < -0.3 is 9.64 Å². The van der Waals surface area contributed by atoms with Crippen molar-refractivity contribution in [3.63, 3.8) is 0 Å². The summed E-state index contributed by atoms with van der Waals surface area (Å²) in [5.41, 5.74) is 2.84.